The molecule has 32 heavy (non-hydrogen) atoms. The van der Waals surface area contributed by atoms with Crippen LogP contribution in [0.4, 0.5) is 0 Å². The normalized spacial score (nSPS) is 46.9. The molecule has 3 fully saturated rings. The van der Waals surface area contributed by atoms with Crippen LogP contribution >= 0.6 is 0 Å². The number of hydrogen-bond acceptors (Lipinski definition) is 5. The van der Waals surface area contributed by atoms with E-state index in [1.165, 1.54) is 6.08 Å². The summed E-state index contributed by atoms with van der Waals surface area (Å²) < 4.78 is 0. The Kier molecular flexibility index (Phi) is 4.95. The molecule has 2 N–H and O–H groups in total. The quantitative estimate of drug-likeness (QED) is 0.512. The summed E-state index contributed by atoms with van der Waals surface area (Å²) in [6.45, 7) is 15.3. The Morgan fingerprint density at radius 1 is 1.19 bits per heavy atom. The first-order valence-corrected chi connectivity index (χ1v) is 11.9. The van der Waals surface area contributed by atoms with Crippen molar-refractivity contribution in [2.24, 2.45) is 39.4 Å². The fourth-order valence-electron chi connectivity index (χ4n) is 8.56. The van der Waals surface area contributed by atoms with Gasteiger partial charge in [0.25, 0.3) is 0 Å². The van der Waals surface area contributed by atoms with E-state index in [4.69, 9.17) is 0 Å². The van der Waals surface area contributed by atoms with Crippen LogP contribution in [0.1, 0.15) is 73.6 Å². The number of allylic oxidation sites excluding steroid dienone is 1. The van der Waals surface area contributed by atoms with Crippen LogP contribution in [0, 0.1) is 39.4 Å². The predicted octanol–water partition coefficient (Wildman–Crippen LogP) is 3.82. The van der Waals surface area contributed by atoms with E-state index >= 15 is 0 Å². The van der Waals surface area contributed by atoms with Gasteiger partial charge >= 0.3 is 0 Å². The molecular formula is C27H38O5. The minimum atomic E-state index is -1.56. The lowest BCUT2D eigenvalue weighted by molar-refractivity contribution is -0.181. The van der Waals surface area contributed by atoms with Gasteiger partial charge in [0, 0.05) is 29.6 Å². The third-order valence-corrected chi connectivity index (χ3v) is 10.8. The summed E-state index contributed by atoms with van der Waals surface area (Å²) in [5, 5.41) is 21.8. The van der Waals surface area contributed by atoms with Crippen LogP contribution < -0.4 is 0 Å². The van der Waals surface area contributed by atoms with Gasteiger partial charge in [-0.15, -0.1) is 0 Å². The van der Waals surface area contributed by atoms with Crippen molar-refractivity contribution in [3.63, 3.8) is 0 Å². The Labute approximate surface area is 191 Å². The maximum absolute atomic E-state index is 14.0. The van der Waals surface area contributed by atoms with Crippen molar-refractivity contribution in [1.29, 1.82) is 0 Å². The lowest BCUT2D eigenvalue weighted by atomic mass is 9.38. The number of hydrogen-bond donors (Lipinski definition) is 2. The number of Topliss-reactive ketones (excluding diaryl/α,β-unsaturated/α-hetero) is 2. The number of carbonyl (C=O) groups is 3. The Bertz CT molecular complexity index is 942. The smallest absolute Gasteiger partial charge is 0.186 e. The Morgan fingerprint density at radius 3 is 2.41 bits per heavy atom. The molecule has 0 aromatic rings. The summed E-state index contributed by atoms with van der Waals surface area (Å²) in [7, 11) is 0. The van der Waals surface area contributed by atoms with Gasteiger partial charge in [-0.1, -0.05) is 52.8 Å². The van der Waals surface area contributed by atoms with E-state index in [2.05, 4.69) is 26.5 Å². The molecule has 0 amide bonds. The molecule has 0 aromatic heterocycles. The van der Waals surface area contributed by atoms with Crippen molar-refractivity contribution in [2.45, 2.75) is 85.4 Å². The van der Waals surface area contributed by atoms with Gasteiger partial charge in [-0.25, -0.2) is 0 Å². The lowest BCUT2D eigenvalue weighted by Gasteiger charge is -2.64. The second-order valence-electron chi connectivity index (χ2n) is 12.3. The molecule has 4 aliphatic rings. The predicted molar refractivity (Wildman–Crippen MR) is 122 cm³/mol. The number of aliphatic hydroxyl groups excluding tert-OH is 1. The van der Waals surface area contributed by atoms with Gasteiger partial charge in [0.1, 0.15) is 17.5 Å². The van der Waals surface area contributed by atoms with Crippen LogP contribution in [0.3, 0.4) is 0 Å². The topological polar surface area (TPSA) is 91.7 Å². The minimum Gasteiger partial charge on any atom is -0.384 e. The zero-order valence-electron chi connectivity index (χ0n) is 20.3. The maximum atomic E-state index is 14.0. The second-order valence-corrected chi connectivity index (χ2v) is 12.3. The number of carbonyl (C=O) groups excluding carboxylic acids is 3. The van der Waals surface area contributed by atoms with Gasteiger partial charge in [0.2, 0.25) is 0 Å². The number of fused-ring (bicyclic) bond motifs is 5. The summed E-state index contributed by atoms with van der Waals surface area (Å²) in [4.78, 5) is 39.4. The third kappa shape index (κ3) is 2.55. The van der Waals surface area contributed by atoms with E-state index in [0.717, 1.165) is 12.0 Å². The summed E-state index contributed by atoms with van der Waals surface area (Å²) >= 11 is 0. The molecule has 0 radical (unpaired) electrons. The molecule has 0 heterocycles. The molecule has 0 aromatic carbocycles. The highest BCUT2D eigenvalue weighted by Crippen LogP contribution is 2.74. The number of aliphatic hydroxyl groups is 2. The molecule has 176 valence electrons. The second kappa shape index (κ2) is 6.73. The largest absolute Gasteiger partial charge is 0.384 e. The van der Waals surface area contributed by atoms with Crippen molar-refractivity contribution in [3.8, 4) is 0 Å². The average Bonchev–Trinajstić information content (AvgIpc) is 2.98. The van der Waals surface area contributed by atoms with Gasteiger partial charge in [0.05, 0.1) is 0 Å². The van der Waals surface area contributed by atoms with Crippen LogP contribution in [0.2, 0.25) is 0 Å². The molecule has 8 unspecified atom stereocenters. The fraction of sp³-hybridized carbons (Fsp3) is 0.741. The molecule has 0 aliphatic heterocycles. The fourth-order valence-corrected chi connectivity index (χ4v) is 8.56. The highest BCUT2D eigenvalue weighted by atomic mass is 16.3. The first-order valence-electron chi connectivity index (χ1n) is 11.9. The van der Waals surface area contributed by atoms with Crippen molar-refractivity contribution < 1.29 is 24.6 Å². The van der Waals surface area contributed by atoms with Gasteiger partial charge in [-0.3, -0.25) is 14.4 Å². The molecule has 5 nitrogen and oxygen atoms in total. The van der Waals surface area contributed by atoms with Gasteiger partial charge in [-0.2, -0.15) is 0 Å². The van der Waals surface area contributed by atoms with E-state index in [-0.39, 0.29) is 47.6 Å². The van der Waals surface area contributed by atoms with Crippen molar-refractivity contribution in [3.05, 3.63) is 24.3 Å². The number of rotatable bonds is 3. The molecule has 5 heteroatoms. The van der Waals surface area contributed by atoms with Crippen LogP contribution in [-0.2, 0) is 14.4 Å². The Morgan fingerprint density at radius 2 is 1.81 bits per heavy atom. The Hall–Kier alpha value is -1.59. The summed E-state index contributed by atoms with van der Waals surface area (Å²) in [5.74, 6) is -1.01. The molecule has 0 bridgehead atoms. The number of ketones is 3. The highest BCUT2D eigenvalue weighted by Gasteiger charge is 2.72. The highest BCUT2D eigenvalue weighted by molar-refractivity contribution is 5.97. The van der Waals surface area contributed by atoms with E-state index in [0.29, 0.717) is 12.8 Å². The molecule has 8 atom stereocenters. The summed E-state index contributed by atoms with van der Waals surface area (Å²) in [6, 6.07) is 0. The minimum absolute atomic E-state index is 0.00785. The summed E-state index contributed by atoms with van der Waals surface area (Å²) in [5.41, 5.74) is -2.72. The summed E-state index contributed by atoms with van der Waals surface area (Å²) in [6.07, 6.45) is 4.99. The van der Waals surface area contributed by atoms with E-state index in [1.54, 1.807) is 6.92 Å². The van der Waals surface area contributed by atoms with Gasteiger partial charge in [0.15, 0.2) is 11.6 Å². The van der Waals surface area contributed by atoms with E-state index in [1.807, 2.05) is 20.8 Å². The zero-order chi connectivity index (χ0) is 24.1. The average molecular weight is 443 g/mol. The zero-order valence-corrected chi connectivity index (χ0v) is 20.3. The molecule has 3 saturated carbocycles. The first-order chi connectivity index (χ1) is 14.6. The standard InChI is InChI=1S/C27H38O5/c1-8-20(29)27(7,32)19-11-12-24(4)18-10-9-15-16(13-17(28)22(31)23(15,2)3)26(18,6)21(30)14-25(19,24)5/h8-9,16,18-19,22,31-32H,1,10-14H2,2-7H3. The SMILES string of the molecule is C=CC(=O)C(C)(O)C1CCC2(C)C3CC=C4C(CC(=O)C(O)C4(C)C)C3(C)C(=O)CC12C. The van der Waals surface area contributed by atoms with Crippen LogP contribution in [0.5, 0.6) is 0 Å². The van der Waals surface area contributed by atoms with Crippen molar-refractivity contribution in [2.75, 3.05) is 0 Å². The van der Waals surface area contributed by atoms with Crippen molar-refractivity contribution in [1.82, 2.24) is 0 Å². The molecule has 0 saturated heterocycles. The van der Waals surface area contributed by atoms with Crippen LogP contribution in [0.15, 0.2) is 24.3 Å². The van der Waals surface area contributed by atoms with Crippen LogP contribution in [-0.4, -0.2) is 39.3 Å². The first kappa shape index (κ1) is 23.6. The van der Waals surface area contributed by atoms with E-state index < -0.39 is 33.7 Å². The lowest BCUT2D eigenvalue weighted by Crippen LogP contribution is -2.65. The molecule has 4 aliphatic carbocycles. The van der Waals surface area contributed by atoms with Crippen LogP contribution in [0.25, 0.3) is 0 Å². The molecule has 0 spiro atoms. The third-order valence-electron chi connectivity index (χ3n) is 10.8. The van der Waals surface area contributed by atoms with Crippen molar-refractivity contribution >= 4 is 17.3 Å². The monoisotopic (exact) mass is 442 g/mol. The van der Waals surface area contributed by atoms with Gasteiger partial charge in [-0.05, 0) is 54.9 Å². The molecular weight excluding hydrogens is 404 g/mol. The molecule has 4 rings (SSSR count). The van der Waals surface area contributed by atoms with E-state index in [9.17, 15) is 24.6 Å². The Balaban J connectivity index is 1.83. The maximum Gasteiger partial charge on any atom is 0.186 e. The van der Waals surface area contributed by atoms with Gasteiger partial charge < -0.3 is 10.2 Å².